The van der Waals surface area contributed by atoms with Gasteiger partial charge in [0.1, 0.15) is 5.52 Å². The Morgan fingerprint density at radius 2 is 2.08 bits per heavy atom. The Labute approximate surface area is 145 Å². The topological polar surface area (TPSA) is 91.9 Å². The third kappa shape index (κ3) is 3.55. The number of esters is 1. The van der Waals surface area contributed by atoms with Gasteiger partial charge in [-0.1, -0.05) is 19.1 Å². The third-order valence-corrected chi connectivity index (χ3v) is 3.91. The highest BCUT2D eigenvalue weighted by molar-refractivity contribution is 5.98. The van der Waals surface area contributed by atoms with Crippen LogP contribution in [0.3, 0.4) is 0 Å². The van der Waals surface area contributed by atoms with Crippen molar-refractivity contribution in [1.29, 1.82) is 0 Å². The summed E-state index contributed by atoms with van der Waals surface area (Å²) in [4.78, 5) is 24.4. The van der Waals surface area contributed by atoms with E-state index in [2.05, 4.69) is 25.6 Å². The van der Waals surface area contributed by atoms with Gasteiger partial charge in [0.15, 0.2) is 5.82 Å². The molecule has 25 heavy (non-hydrogen) atoms. The van der Waals surface area contributed by atoms with Gasteiger partial charge in [0.2, 0.25) is 5.95 Å². The predicted molar refractivity (Wildman–Crippen MR) is 98.3 cm³/mol. The zero-order chi connectivity index (χ0) is 17.8. The summed E-state index contributed by atoms with van der Waals surface area (Å²) >= 11 is 0. The van der Waals surface area contributed by atoms with Crippen LogP contribution in [0.1, 0.15) is 30.6 Å². The molecule has 1 atom stereocenters. The summed E-state index contributed by atoms with van der Waals surface area (Å²) in [6.07, 6.45) is 2.43. The molecule has 3 N–H and O–H groups in total. The zero-order valence-corrected chi connectivity index (χ0v) is 14.5. The normalized spacial score (nSPS) is 12.0. The first-order chi connectivity index (χ1) is 12.1. The van der Waals surface area contributed by atoms with E-state index in [1.807, 2.05) is 38.1 Å². The summed E-state index contributed by atoms with van der Waals surface area (Å²) in [6.45, 7) is 3.85. The zero-order valence-electron chi connectivity index (χ0n) is 14.5. The highest BCUT2D eigenvalue weighted by Crippen LogP contribution is 2.26. The number of nitrogens with one attached hydrogen (secondary N) is 3. The minimum Gasteiger partial charge on any atom is -0.459 e. The fourth-order valence-electron chi connectivity index (χ4n) is 2.37. The number of nitrogens with zero attached hydrogens (tertiary/aromatic N) is 2. The van der Waals surface area contributed by atoms with Crippen LogP contribution in [0.5, 0.6) is 0 Å². The molecule has 3 aromatic rings. The minimum absolute atomic E-state index is 0.134. The number of benzene rings is 1. The second kappa shape index (κ2) is 7.21. The van der Waals surface area contributed by atoms with Crippen molar-refractivity contribution in [2.24, 2.45) is 0 Å². The molecule has 0 aliphatic carbocycles. The largest absolute Gasteiger partial charge is 0.459 e. The number of carbonyl (C=O) groups is 1. The second-order valence-electron chi connectivity index (χ2n) is 5.68. The Hall–Kier alpha value is -3.09. The van der Waals surface area contributed by atoms with Gasteiger partial charge in [-0.3, -0.25) is 0 Å². The first-order valence-corrected chi connectivity index (χ1v) is 8.22. The van der Waals surface area contributed by atoms with E-state index in [0.717, 1.165) is 17.5 Å². The van der Waals surface area contributed by atoms with Gasteiger partial charge < -0.3 is 20.4 Å². The van der Waals surface area contributed by atoms with Gasteiger partial charge in [0, 0.05) is 13.2 Å². The molecule has 0 aliphatic rings. The van der Waals surface area contributed by atoms with E-state index in [1.165, 1.54) is 0 Å². The second-order valence-corrected chi connectivity index (χ2v) is 5.68. The number of fused-ring (bicyclic) bond motifs is 1. The van der Waals surface area contributed by atoms with Crippen molar-refractivity contribution in [3.8, 4) is 0 Å². The van der Waals surface area contributed by atoms with E-state index in [-0.39, 0.29) is 12.1 Å². The summed E-state index contributed by atoms with van der Waals surface area (Å²) in [5, 5.41) is 6.16. The van der Waals surface area contributed by atoms with E-state index < -0.39 is 0 Å². The summed E-state index contributed by atoms with van der Waals surface area (Å²) in [5.74, 6) is 0.723. The van der Waals surface area contributed by atoms with E-state index in [0.29, 0.717) is 23.0 Å². The average Bonchev–Trinajstić information content (AvgIpc) is 3.10. The average molecular weight is 339 g/mol. The van der Waals surface area contributed by atoms with E-state index in [4.69, 9.17) is 4.74 Å². The molecule has 0 bridgehead atoms. The van der Waals surface area contributed by atoms with Crippen LogP contribution in [0.2, 0.25) is 0 Å². The van der Waals surface area contributed by atoms with E-state index in [1.54, 1.807) is 19.3 Å². The lowest BCUT2D eigenvalue weighted by Gasteiger charge is -2.15. The van der Waals surface area contributed by atoms with Crippen LogP contribution in [0.25, 0.3) is 11.0 Å². The number of ether oxygens (including phenoxy) is 1. The summed E-state index contributed by atoms with van der Waals surface area (Å²) in [7, 11) is 1.76. The molecule has 1 aromatic carbocycles. The number of para-hydroxylation sites is 1. The molecule has 0 radical (unpaired) electrons. The van der Waals surface area contributed by atoms with Crippen molar-refractivity contribution in [2.45, 2.75) is 26.4 Å². The molecule has 0 fully saturated rings. The molecule has 0 saturated carbocycles. The number of aromatic nitrogens is 3. The molecule has 0 spiro atoms. The van der Waals surface area contributed by atoms with Gasteiger partial charge in [-0.2, -0.15) is 4.98 Å². The van der Waals surface area contributed by atoms with Gasteiger partial charge in [0.05, 0.1) is 22.9 Å². The predicted octanol–water partition coefficient (Wildman–Crippen LogP) is 3.70. The Balaban J connectivity index is 1.96. The summed E-state index contributed by atoms with van der Waals surface area (Å²) in [6, 6.07) is 9.09. The van der Waals surface area contributed by atoms with Gasteiger partial charge >= 0.3 is 5.97 Å². The van der Waals surface area contributed by atoms with Crippen LogP contribution in [0.15, 0.2) is 36.5 Å². The fourth-order valence-corrected chi connectivity index (χ4v) is 2.37. The highest BCUT2D eigenvalue weighted by atomic mass is 16.5. The van der Waals surface area contributed by atoms with Crippen molar-refractivity contribution < 1.29 is 9.53 Å². The number of aromatic amines is 1. The van der Waals surface area contributed by atoms with Crippen molar-refractivity contribution in [1.82, 2.24) is 15.0 Å². The molecule has 130 valence electrons. The molecule has 0 amide bonds. The molecule has 2 aromatic heterocycles. The lowest BCUT2D eigenvalue weighted by Crippen LogP contribution is -2.15. The number of carbonyl (C=O) groups excluding carboxylic acids is 1. The van der Waals surface area contributed by atoms with Crippen LogP contribution < -0.4 is 10.6 Å². The number of anilines is 3. The van der Waals surface area contributed by atoms with Crippen molar-refractivity contribution >= 4 is 34.5 Å². The molecule has 0 aliphatic heterocycles. The fraction of sp³-hybridized carbons (Fsp3) is 0.278. The SMILES string of the molecule is CCC(C)OC(=O)c1ccccc1Nc1nc(NC)nc2cc[nH]c12. The van der Waals surface area contributed by atoms with E-state index >= 15 is 0 Å². The van der Waals surface area contributed by atoms with Crippen LogP contribution in [0, 0.1) is 0 Å². The van der Waals surface area contributed by atoms with Crippen molar-refractivity contribution in [3.05, 3.63) is 42.1 Å². The van der Waals surface area contributed by atoms with Crippen molar-refractivity contribution in [3.63, 3.8) is 0 Å². The highest BCUT2D eigenvalue weighted by Gasteiger charge is 2.17. The Morgan fingerprint density at radius 1 is 1.28 bits per heavy atom. The monoisotopic (exact) mass is 339 g/mol. The maximum Gasteiger partial charge on any atom is 0.340 e. The smallest absolute Gasteiger partial charge is 0.340 e. The molecule has 0 saturated heterocycles. The standard InChI is InChI=1S/C18H21N5O2/c1-4-11(2)25-17(24)12-7-5-6-8-13(12)21-16-15-14(9-10-20-15)22-18(19-3)23-16/h5-11,20H,4H2,1-3H3,(H2,19,21,22,23). The van der Waals surface area contributed by atoms with Crippen LogP contribution in [0.4, 0.5) is 17.5 Å². The Kier molecular flexibility index (Phi) is 4.83. The van der Waals surface area contributed by atoms with Gasteiger partial charge in [-0.15, -0.1) is 0 Å². The van der Waals surface area contributed by atoms with Crippen LogP contribution in [-0.2, 0) is 4.74 Å². The Morgan fingerprint density at radius 3 is 2.84 bits per heavy atom. The van der Waals surface area contributed by atoms with E-state index in [9.17, 15) is 4.79 Å². The molecule has 2 heterocycles. The van der Waals surface area contributed by atoms with Crippen LogP contribution >= 0.6 is 0 Å². The maximum atomic E-state index is 12.4. The van der Waals surface area contributed by atoms with Gasteiger partial charge in [0.25, 0.3) is 0 Å². The molecule has 7 nitrogen and oxygen atoms in total. The lowest BCUT2D eigenvalue weighted by molar-refractivity contribution is 0.0336. The molecular weight excluding hydrogens is 318 g/mol. The lowest BCUT2D eigenvalue weighted by atomic mass is 10.1. The first-order valence-electron chi connectivity index (χ1n) is 8.22. The van der Waals surface area contributed by atoms with Crippen molar-refractivity contribution in [2.75, 3.05) is 17.7 Å². The number of H-pyrrole nitrogens is 1. The Bertz CT molecular complexity index is 890. The molecule has 1 unspecified atom stereocenters. The summed E-state index contributed by atoms with van der Waals surface area (Å²) < 4.78 is 5.45. The number of rotatable bonds is 6. The molecular formula is C18H21N5O2. The maximum absolute atomic E-state index is 12.4. The van der Waals surface area contributed by atoms with Gasteiger partial charge in [-0.05, 0) is 31.5 Å². The molecule has 3 rings (SSSR count). The number of hydrogen-bond acceptors (Lipinski definition) is 6. The van der Waals surface area contributed by atoms with Gasteiger partial charge in [-0.25, -0.2) is 9.78 Å². The minimum atomic E-state index is -0.358. The summed E-state index contributed by atoms with van der Waals surface area (Å²) in [5.41, 5.74) is 2.64. The third-order valence-electron chi connectivity index (χ3n) is 3.91. The molecule has 7 heteroatoms. The first kappa shape index (κ1) is 16.8. The van der Waals surface area contributed by atoms with Crippen LogP contribution in [-0.4, -0.2) is 34.1 Å². The quantitative estimate of drug-likeness (QED) is 0.593. The number of hydrogen-bond donors (Lipinski definition) is 3.